The summed E-state index contributed by atoms with van der Waals surface area (Å²) in [5, 5.41) is 0. The molecule has 0 aromatic heterocycles. The topological polar surface area (TPSA) is 55.6 Å². The van der Waals surface area contributed by atoms with Crippen molar-refractivity contribution in [3.8, 4) is 5.75 Å². The van der Waals surface area contributed by atoms with E-state index < -0.39 is 18.3 Å². The lowest BCUT2D eigenvalue weighted by molar-refractivity contribution is -0.153. The predicted molar refractivity (Wildman–Crippen MR) is 82.2 cm³/mol. The fourth-order valence-corrected chi connectivity index (χ4v) is 2.35. The van der Waals surface area contributed by atoms with Gasteiger partial charge in [0.15, 0.2) is 6.61 Å². The van der Waals surface area contributed by atoms with E-state index >= 15 is 0 Å². The minimum absolute atomic E-state index is 0.217. The maximum absolute atomic E-state index is 12.3. The first-order valence-corrected chi connectivity index (χ1v) is 7.15. The molecule has 0 heterocycles. The Kier molecular flexibility index (Phi) is 5.69. The normalized spacial score (nSPS) is 12.2. The van der Waals surface area contributed by atoms with E-state index in [4.69, 9.17) is 10.5 Å². The fourth-order valence-electron chi connectivity index (χ4n) is 2.35. The molecular formula is C16H23F3N2O2. The molecule has 4 nitrogen and oxygen atoms in total. The molecule has 7 heteroatoms. The molecule has 0 aliphatic heterocycles. The van der Waals surface area contributed by atoms with Gasteiger partial charge in [-0.05, 0) is 44.4 Å². The second-order valence-electron chi connectivity index (χ2n) is 6.35. The highest BCUT2D eigenvalue weighted by Gasteiger charge is 2.29. The van der Waals surface area contributed by atoms with Gasteiger partial charge in [-0.1, -0.05) is 12.1 Å². The van der Waals surface area contributed by atoms with E-state index in [1.807, 2.05) is 0 Å². The number of ether oxygens (including phenoxy) is 1. The number of alkyl halides is 3. The number of hydrogen-bond acceptors (Lipinski definition) is 3. The summed E-state index contributed by atoms with van der Waals surface area (Å²) in [6, 6.07) is 3.43. The van der Waals surface area contributed by atoms with Crippen molar-refractivity contribution in [1.29, 1.82) is 0 Å². The Bertz CT molecular complexity index is 555. The second kappa shape index (κ2) is 6.78. The molecule has 0 radical (unpaired) electrons. The Morgan fingerprint density at radius 3 is 2.09 bits per heavy atom. The van der Waals surface area contributed by atoms with E-state index in [0.29, 0.717) is 17.7 Å². The summed E-state index contributed by atoms with van der Waals surface area (Å²) in [6.07, 6.45) is -4.38. The maximum atomic E-state index is 12.3. The van der Waals surface area contributed by atoms with Gasteiger partial charge >= 0.3 is 6.18 Å². The molecule has 1 aromatic rings. The van der Waals surface area contributed by atoms with Gasteiger partial charge in [0, 0.05) is 13.6 Å². The van der Waals surface area contributed by atoms with Gasteiger partial charge in [0.25, 0.3) is 0 Å². The van der Waals surface area contributed by atoms with Crippen LogP contribution in [0.25, 0.3) is 0 Å². The first-order valence-electron chi connectivity index (χ1n) is 7.15. The van der Waals surface area contributed by atoms with Crippen molar-refractivity contribution in [3.05, 3.63) is 28.8 Å². The van der Waals surface area contributed by atoms with Gasteiger partial charge in [-0.3, -0.25) is 4.79 Å². The molecule has 0 fully saturated rings. The number of rotatable bonds is 5. The highest BCUT2D eigenvalue weighted by atomic mass is 19.4. The Morgan fingerprint density at radius 2 is 1.70 bits per heavy atom. The predicted octanol–water partition coefficient (Wildman–Crippen LogP) is 2.94. The zero-order valence-corrected chi connectivity index (χ0v) is 14.0. The third-order valence-electron chi connectivity index (χ3n) is 3.22. The van der Waals surface area contributed by atoms with E-state index in [1.54, 1.807) is 46.9 Å². The van der Waals surface area contributed by atoms with Crippen molar-refractivity contribution in [2.75, 3.05) is 13.7 Å². The zero-order chi connectivity index (χ0) is 18.0. The molecule has 0 aliphatic carbocycles. The van der Waals surface area contributed by atoms with Crippen LogP contribution in [0, 0.1) is 13.8 Å². The molecular weight excluding hydrogens is 309 g/mol. The quantitative estimate of drug-likeness (QED) is 0.902. The first kappa shape index (κ1) is 19.3. The van der Waals surface area contributed by atoms with E-state index in [9.17, 15) is 18.0 Å². The summed E-state index contributed by atoms with van der Waals surface area (Å²) in [5.74, 6) is 0.00409. The highest BCUT2D eigenvalue weighted by molar-refractivity contribution is 5.84. The van der Waals surface area contributed by atoms with Crippen molar-refractivity contribution >= 4 is 5.91 Å². The minimum Gasteiger partial charge on any atom is -0.484 e. The standard InChI is InChI=1S/C16H23F3N2O2/c1-10-6-12(8-21(5)14(22)15(3,4)20)7-11(2)13(10)23-9-16(17,18)19/h6-7H,8-9,20H2,1-5H3. The Hall–Kier alpha value is -1.76. The molecule has 0 aliphatic rings. The summed E-state index contributed by atoms with van der Waals surface area (Å²) in [7, 11) is 1.63. The number of benzene rings is 1. The Labute approximate surface area is 134 Å². The average molecular weight is 332 g/mol. The Morgan fingerprint density at radius 1 is 1.22 bits per heavy atom. The number of hydrogen-bond donors (Lipinski definition) is 1. The first-order chi connectivity index (χ1) is 10.3. The number of nitrogens with zero attached hydrogens (tertiary/aromatic N) is 1. The van der Waals surface area contributed by atoms with Crippen LogP contribution in [0.4, 0.5) is 13.2 Å². The minimum atomic E-state index is -4.38. The molecule has 1 aromatic carbocycles. The average Bonchev–Trinajstić information content (AvgIpc) is 2.34. The van der Waals surface area contributed by atoms with Crippen LogP contribution in [0.15, 0.2) is 12.1 Å². The number of aryl methyl sites for hydroxylation is 2. The van der Waals surface area contributed by atoms with Crippen LogP contribution in [-0.4, -0.2) is 36.2 Å². The van der Waals surface area contributed by atoms with Gasteiger partial charge < -0.3 is 15.4 Å². The van der Waals surface area contributed by atoms with Gasteiger partial charge in [-0.15, -0.1) is 0 Å². The lowest BCUT2D eigenvalue weighted by Gasteiger charge is -2.26. The summed E-state index contributed by atoms with van der Waals surface area (Å²) in [6.45, 7) is 5.59. The molecule has 2 N–H and O–H groups in total. The number of carbonyl (C=O) groups excluding carboxylic acids is 1. The number of nitrogens with two attached hydrogens (primary N) is 1. The maximum Gasteiger partial charge on any atom is 0.422 e. The lowest BCUT2D eigenvalue weighted by atomic mass is 10.0. The van der Waals surface area contributed by atoms with Crippen molar-refractivity contribution in [3.63, 3.8) is 0 Å². The third kappa shape index (κ3) is 5.74. The van der Waals surface area contributed by atoms with Gasteiger partial charge in [0.2, 0.25) is 5.91 Å². The van der Waals surface area contributed by atoms with Crippen molar-refractivity contribution < 1.29 is 22.7 Å². The summed E-state index contributed by atoms with van der Waals surface area (Å²) in [5.41, 5.74) is 6.80. The monoisotopic (exact) mass is 332 g/mol. The zero-order valence-electron chi connectivity index (χ0n) is 14.0. The molecule has 0 spiro atoms. The summed E-state index contributed by atoms with van der Waals surface area (Å²) < 4.78 is 41.7. The lowest BCUT2D eigenvalue weighted by Crippen LogP contribution is -2.49. The molecule has 23 heavy (non-hydrogen) atoms. The van der Waals surface area contributed by atoms with Crippen molar-refractivity contribution in [2.24, 2.45) is 5.73 Å². The van der Waals surface area contributed by atoms with Crippen molar-refractivity contribution in [1.82, 2.24) is 4.90 Å². The largest absolute Gasteiger partial charge is 0.484 e. The van der Waals surface area contributed by atoms with Crippen LogP contribution in [0.2, 0.25) is 0 Å². The Balaban J connectivity index is 2.90. The summed E-state index contributed by atoms with van der Waals surface area (Å²) in [4.78, 5) is 13.6. The highest BCUT2D eigenvalue weighted by Crippen LogP contribution is 2.27. The molecule has 130 valence electrons. The molecule has 1 rings (SSSR count). The smallest absolute Gasteiger partial charge is 0.422 e. The van der Waals surface area contributed by atoms with Crippen LogP contribution in [0.5, 0.6) is 5.75 Å². The number of likely N-dealkylation sites (N-methyl/N-ethyl adjacent to an activating group) is 1. The van der Waals surface area contributed by atoms with Crippen molar-refractivity contribution in [2.45, 2.75) is 46.0 Å². The van der Waals surface area contributed by atoms with Gasteiger partial charge in [0.1, 0.15) is 5.75 Å². The van der Waals surface area contributed by atoms with Gasteiger partial charge in [-0.2, -0.15) is 13.2 Å². The third-order valence-corrected chi connectivity index (χ3v) is 3.22. The van der Waals surface area contributed by atoms with Crippen LogP contribution >= 0.6 is 0 Å². The summed E-state index contributed by atoms with van der Waals surface area (Å²) >= 11 is 0. The van der Waals surface area contributed by atoms with Crippen LogP contribution in [0.1, 0.15) is 30.5 Å². The SMILES string of the molecule is Cc1cc(CN(C)C(=O)C(C)(C)N)cc(C)c1OCC(F)(F)F. The number of halogens is 3. The van der Waals surface area contributed by atoms with Crippen LogP contribution in [-0.2, 0) is 11.3 Å². The molecule has 0 saturated heterocycles. The second-order valence-corrected chi connectivity index (χ2v) is 6.35. The molecule has 0 unspecified atom stereocenters. The molecule has 0 bridgehead atoms. The van der Waals surface area contributed by atoms with Gasteiger partial charge in [0.05, 0.1) is 5.54 Å². The van der Waals surface area contributed by atoms with Crippen LogP contribution < -0.4 is 10.5 Å². The van der Waals surface area contributed by atoms with E-state index in [0.717, 1.165) is 5.56 Å². The molecule has 1 amide bonds. The number of amides is 1. The van der Waals surface area contributed by atoms with E-state index in [2.05, 4.69) is 0 Å². The molecule has 0 saturated carbocycles. The van der Waals surface area contributed by atoms with Crippen LogP contribution in [0.3, 0.4) is 0 Å². The van der Waals surface area contributed by atoms with Gasteiger partial charge in [-0.25, -0.2) is 0 Å². The van der Waals surface area contributed by atoms with E-state index in [-0.39, 0.29) is 11.7 Å². The molecule has 0 atom stereocenters. The fraction of sp³-hybridized carbons (Fsp3) is 0.562. The van der Waals surface area contributed by atoms with E-state index in [1.165, 1.54) is 4.90 Å². The number of carbonyl (C=O) groups is 1.